The van der Waals surface area contributed by atoms with Crippen LogP contribution >= 0.6 is 0 Å². The molecule has 0 radical (unpaired) electrons. The van der Waals surface area contributed by atoms with Gasteiger partial charge < -0.3 is 19.1 Å². The summed E-state index contributed by atoms with van der Waals surface area (Å²) in [5, 5.41) is 1.74. The van der Waals surface area contributed by atoms with Gasteiger partial charge in [0.2, 0.25) is 0 Å². The van der Waals surface area contributed by atoms with Crippen molar-refractivity contribution in [1.82, 2.24) is 9.55 Å². The monoisotopic (exact) mass is 1260 g/mol. The molecule has 9 aromatic rings. The van der Waals surface area contributed by atoms with E-state index in [-0.39, 0.29) is 49.9 Å². The average Bonchev–Trinajstić information content (AvgIpc) is 0.916. The van der Waals surface area contributed by atoms with E-state index in [2.05, 4.69) is 39.0 Å². The molecule has 80 heavy (non-hydrogen) atoms. The molecule has 0 amide bonds. The minimum absolute atomic E-state index is 0. The molecule has 2 aliphatic rings. The molecule has 416 valence electrons. The smallest absolute Gasteiger partial charge is 0.135 e. The van der Waals surface area contributed by atoms with Crippen LogP contribution in [0.5, 0.6) is 11.5 Å². The van der Waals surface area contributed by atoms with Crippen molar-refractivity contribution >= 4 is 44.6 Å². The zero-order valence-corrected chi connectivity index (χ0v) is 49.7. The fourth-order valence-corrected chi connectivity index (χ4v) is 10.8. The van der Waals surface area contributed by atoms with Crippen LogP contribution in [-0.4, -0.2) is 9.55 Å². The van der Waals surface area contributed by atoms with Crippen molar-refractivity contribution in [1.29, 1.82) is 0 Å². The number of hydrogen-bond acceptors (Lipinski definition) is 4. The Labute approximate surface area is 522 Å². The van der Waals surface area contributed by atoms with Gasteiger partial charge in [0.1, 0.15) is 5.82 Å². The molecular formula is C74H81N4OPt-3. The molecule has 1 aliphatic heterocycles. The third-order valence-corrected chi connectivity index (χ3v) is 14.3. The molecule has 6 heteroatoms. The summed E-state index contributed by atoms with van der Waals surface area (Å²) in [6.07, 6.45) is -8.91. The summed E-state index contributed by atoms with van der Waals surface area (Å²) in [4.78, 5) is 8.32. The molecule has 2 aromatic heterocycles. The number of hydrogen-bond donors (Lipinski definition) is 0. The number of benzene rings is 7. The van der Waals surface area contributed by atoms with E-state index in [0.29, 0.717) is 56.4 Å². The topological polar surface area (TPSA) is 33.5 Å². The van der Waals surface area contributed by atoms with Crippen molar-refractivity contribution < 1.29 is 54.6 Å². The quantitative estimate of drug-likeness (QED) is 0.135. The maximum atomic E-state index is 10.6. The van der Waals surface area contributed by atoms with Gasteiger partial charge in [-0.2, -0.15) is 12.1 Å². The second-order valence-electron chi connectivity index (χ2n) is 25.3. The largest absolute Gasteiger partial charge is 0.509 e. The predicted molar refractivity (Wildman–Crippen MR) is 334 cm³/mol. The van der Waals surface area contributed by atoms with Crippen LogP contribution in [0.15, 0.2) is 146 Å². The third kappa shape index (κ3) is 11.1. The zero-order chi connectivity index (χ0) is 74.2. The Balaban J connectivity index is 0.0000110. The maximum Gasteiger partial charge on any atom is 0.135 e. The fraction of sp³-hybridized carbons (Fsp3) is 0.351. The average molecular weight is 1260 g/mol. The number of ether oxygens (including phenoxy) is 1. The van der Waals surface area contributed by atoms with Crippen molar-refractivity contribution in [3.63, 3.8) is 0 Å². The molecule has 7 aromatic carbocycles. The molecule has 0 atom stereocenters. The number of para-hydroxylation sites is 3. The molecule has 5 nitrogen and oxygen atoms in total. The van der Waals surface area contributed by atoms with Gasteiger partial charge in [0, 0.05) is 97.1 Å². The summed E-state index contributed by atoms with van der Waals surface area (Å²) in [6.45, 7) is 8.54. The van der Waals surface area contributed by atoms with Crippen molar-refractivity contribution in [3.8, 4) is 39.6 Å². The molecule has 0 spiro atoms. The Hall–Kier alpha value is -6.42. The molecule has 0 N–H and O–H groups in total. The zero-order valence-electron chi connectivity index (χ0n) is 68.4. The maximum absolute atomic E-state index is 10.6. The van der Waals surface area contributed by atoms with Crippen LogP contribution in [0.2, 0.25) is 0 Å². The van der Waals surface area contributed by atoms with Gasteiger partial charge >= 0.3 is 0 Å². The predicted octanol–water partition coefficient (Wildman–Crippen LogP) is 20.4. The molecule has 0 saturated heterocycles. The summed E-state index contributed by atoms with van der Waals surface area (Å²) in [5.74, 6) is 1.02. The molecular weight excluding hydrogens is 1160 g/mol. The van der Waals surface area contributed by atoms with Crippen molar-refractivity contribution in [2.45, 2.75) is 158 Å². The third-order valence-electron chi connectivity index (χ3n) is 14.3. The summed E-state index contributed by atoms with van der Waals surface area (Å²) in [6, 6.07) is 40.2. The first-order valence-electron chi connectivity index (χ1n) is 37.3. The van der Waals surface area contributed by atoms with Gasteiger partial charge in [0.25, 0.3) is 0 Å². The van der Waals surface area contributed by atoms with Crippen LogP contribution < -0.4 is 14.5 Å². The van der Waals surface area contributed by atoms with E-state index in [1.165, 1.54) is 0 Å². The first-order chi connectivity index (χ1) is 45.7. The number of pyridine rings is 1. The standard InChI is InChI=1S/C74H81N4O.Pt/c1-69(2,3)45-48-34-37-75-67(40-48)78-63-25-18-17-24-56(63)57-32-30-54(44-66(57)78)79-53-23-21-22-52(43-53)76-47-77(65-27-20-19-26-64(65)76)68-58(50-28-33-60-62(41-50)74(15,16)36-35-73(60,13)14)38-49(46-70(4,5)6)39-59(68)55-31-29-51(71(7,8)9)42-61(55)72(10,11)12;/h17-34,37-42,47H,35-36,45-46H2,1-16H3;/q-3;/i13D3,14D3,15D3,16D3,28D,33D,35D2,36D2,41D,45D2;. The van der Waals surface area contributed by atoms with Crippen LogP contribution in [0.25, 0.3) is 49.9 Å². The van der Waals surface area contributed by atoms with Crippen LogP contribution in [0.4, 0.5) is 22.7 Å². The van der Waals surface area contributed by atoms with Crippen LogP contribution in [0, 0.1) is 29.6 Å². The Morgan fingerprint density at radius 1 is 0.650 bits per heavy atom. The Kier molecular flexibility index (Phi) is 9.27. The SMILES string of the molecule is [2H]c1c([2H])c2c(c([2H])c1-c1cc(CC(C)(C)C)cc(-c3ccc(C(C)(C)C)cc3C(C)(C)C)c1N1[CH-]N(c3[c-]c(Oc4[c-]c5c(cc4)c4ccccc4n5-c4cc(C([2H])([2H])C(C)(C)C)ccn4)ccc3)c3ccccc31)C(C([2H])([2H])[2H])(C([2H])([2H])[2H])C([2H])([2H])C([2H])([2H])C2(C([2H])([2H])[2H])C([2H])([2H])[2H].[Pt]. The van der Waals surface area contributed by atoms with Crippen molar-refractivity contribution in [3.05, 3.63) is 198 Å². The molecule has 1 aliphatic carbocycles. The van der Waals surface area contributed by atoms with Gasteiger partial charge in [-0.15, -0.1) is 48.1 Å². The van der Waals surface area contributed by atoms with E-state index >= 15 is 0 Å². The second kappa shape index (κ2) is 20.5. The first-order valence-corrected chi connectivity index (χ1v) is 26.8. The van der Waals surface area contributed by atoms with E-state index < -0.39 is 108 Å². The van der Waals surface area contributed by atoms with E-state index in [1.807, 2.05) is 132 Å². The van der Waals surface area contributed by atoms with Crippen LogP contribution in [-0.2, 0) is 55.5 Å². The summed E-state index contributed by atoms with van der Waals surface area (Å²) >= 11 is 0. The fourth-order valence-electron chi connectivity index (χ4n) is 10.8. The molecule has 11 rings (SSSR count). The van der Waals surface area contributed by atoms with E-state index in [0.717, 1.165) is 27.4 Å². The number of rotatable bonds is 9. The van der Waals surface area contributed by atoms with Gasteiger partial charge in [-0.3, -0.25) is 0 Å². The van der Waals surface area contributed by atoms with Gasteiger partial charge in [-0.1, -0.05) is 183 Å². The molecule has 0 fully saturated rings. The second-order valence-corrected chi connectivity index (χ2v) is 25.3. The summed E-state index contributed by atoms with van der Waals surface area (Å²) in [5.41, 5.74) is -7.94. The van der Waals surface area contributed by atoms with Gasteiger partial charge in [0.05, 0.1) is 4.11 Å². The normalized spacial score (nSPS) is 21.2. The minimum Gasteiger partial charge on any atom is -0.509 e. The number of aromatic nitrogens is 2. The Morgan fingerprint density at radius 3 is 2.04 bits per heavy atom. The molecule has 3 heterocycles. The number of anilines is 4. The summed E-state index contributed by atoms with van der Waals surface area (Å²) in [7, 11) is 0. The molecule has 0 unspecified atom stereocenters. The Morgan fingerprint density at radius 2 is 1.34 bits per heavy atom. The van der Waals surface area contributed by atoms with Crippen LogP contribution in [0.1, 0.15) is 185 Å². The van der Waals surface area contributed by atoms with Gasteiger partial charge in [0.15, 0.2) is 0 Å². The van der Waals surface area contributed by atoms with Gasteiger partial charge in [-0.05, 0) is 150 Å². The molecule has 0 saturated carbocycles. The minimum atomic E-state index is -4.54. The van der Waals surface area contributed by atoms with Crippen molar-refractivity contribution in [2.75, 3.05) is 9.80 Å². The number of nitrogens with zero attached hydrogens (tertiary/aromatic N) is 4. The van der Waals surface area contributed by atoms with Crippen molar-refractivity contribution in [2.24, 2.45) is 10.8 Å². The van der Waals surface area contributed by atoms with E-state index in [4.69, 9.17) is 20.7 Å². The van der Waals surface area contributed by atoms with E-state index in [1.54, 1.807) is 72.4 Å². The molecule has 0 bridgehead atoms. The van der Waals surface area contributed by atoms with Crippen LogP contribution in [0.3, 0.4) is 0 Å². The van der Waals surface area contributed by atoms with Gasteiger partial charge in [-0.25, -0.2) is 4.98 Å². The van der Waals surface area contributed by atoms with E-state index in [9.17, 15) is 17.8 Å². The first kappa shape index (κ1) is 36.1. The Bertz CT molecular complexity index is 4720. The number of fused-ring (bicyclic) bond motifs is 5. The summed E-state index contributed by atoms with van der Waals surface area (Å²) < 4.78 is 205.